The van der Waals surface area contributed by atoms with Crippen LogP contribution in [0.1, 0.15) is 41.0 Å². The molecule has 0 amide bonds. The standard InChI is InChI=1S/C50H54O12/c1-34(51)58-45-43-41(33-57-48(61-43)39-26-16-7-17-27-39)59-49(52-2)47(45)62-50-46(56-31-38-24-14-6-15-25-38)44(55-30-37-22-12-5-13-23-37)42(54-29-36-20-10-4-11-21-36)40(60-50)32-53-28-35-18-8-3-9-19-35/h3-27,40-50H,28-33H2,1-2H3/t40-,41-,42-,43-,44+,45+,46-,47-,48?,49+,50+/m1/s1. The van der Waals surface area contributed by atoms with Crippen molar-refractivity contribution in [3.63, 3.8) is 0 Å². The summed E-state index contributed by atoms with van der Waals surface area (Å²) in [5.74, 6) is -0.530. The van der Waals surface area contributed by atoms with E-state index < -0.39 is 73.7 Å². The van der Waals surface area contributed by atoms with Crippen LogP contribution in [0, 0.1) is 0 Å². The van der Waals surface area contributed by atoms with Crippen LogP contribution in [0.4, 0.5) is 0 Å². The molecule has 0 aromatic heterocycles. The lowest BCUT2D eigenvalue weighted by Gasteiger charge is -2.51. The third-order valence-electron chi connectivity index (χ3n) is 11.0. The fraction of sp³-hybridized carbons (Fsp3) is 0.380. The Hall–Kier alpha value is -4.83. The zero-order chi connectivity index (χ0) is 42.5. The van der Waals surface area contributed by atoms with Crippen molar-refractivity contribution in [1.29, 1.82) is 0 Å². The second-order valence-corrected chi connectivity index (χ2v) is 15.5. The first-order chi connectivity index (χ1) is 30.5. The molecule has 0 bridgehead atoms. The van der Waals surface area contributed by atoms with E-state index in [2.05, 4.69) is 0 Å². The van der Waals surface area contributed by atoms with Crippen LogP contribution in [0.3, 0.4) is 0 Å². The number of hydrogen-bond acceptors (Lipinski definition) is 12. The van der Waals surface area contributed by atoms with Crippen molar-refractivity contribution < 1.29 is 56.9 Å². The molecule has 0 radical (unpaired) electrons. The lowest BCUT2D eigenvalue weighted by atomic mass is 9.95. The molecule has 1 unspecified atom stereocenters. The van der Waals surface area contributed by atoms with E-state index in [9.17, 15) is 4.79 Å². The van der Waals surface area contributed by atoms with Gasteiger partial charge < -0.3 is 52.1 Å². The molecule has 0 saturated carbocycles. The van der Waals surface area contributed by atoms with E-state index in [1.807, 2.05) is 152 Å². The monoisotopic (exact) mass is 846 g/mol. The van der Waals surface area contributed by atoms with Crippen molar-refractivity contribution >= 4 is 5.97 Å². The summed E-state index contributed by atoms with van der Waals surface area (Å²) >= 11 is 0. The Morgan fingerprint density at radius 2 is 1.05 bits per heavy atom. The minimum absolute atomic E-state index is 0.122. The van der Waals surface area contributed by atoms with Crippen molar-refractivity contribution in [1.82, 2.24) is 0 Å². The zero-order valence-corrected chi connectivity index (χ0v) is 34.9. The molecule has 0 N–H and O–H groups in total. The SMILES string of the molecule is CO[C@H]1O[C@@H]2COC(c3ccccc3)O[C@H]2[C@H](OC(C)=O)[C@H]1O[C@@H]1O[C@H](COCc2ccccc2)[C@@H](OCc2ccccc2)[C@H](OCc2ccccc2)[C@H]1OCc1ccccc1. The van der Waals surface area contributed by atoms with Gasteiger partial charge in [-0.1, -0.05) is 152 Å². The molecule has 8 rings (SSSR count). The van der Waals surface area contributed by atoms with Crippen LogP contribution in [0.15, 0.2) is 152 Å². The van der Waals surface area contributed by atoms with Crippen molar-refractivity contribution in [3.8, 4) is 0 Å². The highest BCUT2D eigenvalue weighted by Gasteiger charge is 2.56. The number of fused-ring (bicyclic) bond motifs is 1. The maximum Gasteiger partial charge on any atom is 0.303 e. The number of benzene rings is 5. The van der Waals surface area contributed by atoms with Crippen molar-refractivity contribution in [2.45, 2.75) is 101 Å². The Balaban J connectivity index is 1.15. The first-order valence-electron chi connectivity index (χ1n) is 21.1. The molecular formula is C50H54O12. The largest absolute Gasteiger partial charge is 0.457 e. The van der Waals surface area contributed by atoms with Crippen LogP contribution in [0.5, 0.6) is 0 Å². The molecule has 3 aliphatic rings. The number of esters is 1. The summed E-state index contributed by atoms with van der Waals surface area (Å²) in [6, 6.07) is 49.2. The van der Waals surface area contributed by atoms with E-state index in [1.54, 1.807) is 0 Å². The van der Waals surface area contributed by atoms with Crippen molar-refractivity contribution in [2.24, 2.45) is 0 Å². The van der Waals surface area contributed by atoms with Crippen molar-refractivity contribution in [2.75, 3.05) is 20.3 Å². The summed E-state index contributed by atoms with van der Waals surface area (Å²) in [7, 11) is 1.51. The highest BCUT2D eigenvalue weighted by molar-refractivity contribution is 5.66. The number of carbonyl (C=O) groups excluding carboxylic acids is 1. The van der Waals surface area contributed by atoms with Crippen LogP contribution >= 0.6 is 0 Å². The minimum Gasteiger partial charge on any atom is -0.457 e. The summed E-state index contributed by atoms with van der Waals surface area (Å²) in [6.07, 6.45) is -9.50. The van der Waals surface area contributed by atoms with E-state index in [1.165, 1.54) is 14.0 Å². The van der Waals surface area contributed by atoms with E-state index in [4.69, 9.17) is 52.1 Å². The second-order valence-electron chi connectivity index (χ2n) is 15.5. The molecular weight excluding hydrogens is 793 g/mol. The molecule has 12 nitrogen and oxygen atoms in total. The number of methoxy groups -OCH3 is 1. The first-order valence-corrected chi connectivity index (χ1v) is 21.1. The molecule has 3 fully saturated rings. The highest BCUT2D eigenvalue weighted by Crippen LogP contribution is 2.39. The van der Waals surface area contributed by atoms with Gasteiger partial charge >= 0.3 is 5.97 Å². The van der Waals surface area contributed by atoms with Gasteiger partial charge in [-0.15, -0.1) is 0 Å². The molecule has 326 valence electrons. The first kappa shape index (κ1) is 43.8. The third-order valence-corrected chi connectivity index (χ3v) is 11.0. The van der Waals surface area contributed by atoms with Crippen LogP contribution < -0.4 is 0 Å². The Kier molecular flexibility index (Phi) is 15.5. The van der Waals surface area contributed by atoms with Crippen LogP contribution in [-0.2, 0) is 83.3 Å². The summed E-state index contributed by atoms with van der Waals surface area (Å²) in [5.41, 5.74) is 4.68. The summed E-state index contributed by atoms with van der Waals surface area (Å²) in [6.45, 7) is 2.69. The van der Waals surface area contributed by atoms with E-state index in [-0.39, 0.29) is 33.0 Å². The van der Waals surface area contributed by atoms with Crippen LogP contribution in [-0.4, -0.2) is 87.7 Å². The molecule has 3 aliphatic heterocycles. The van der Waals surface area contributed by atoms with Gasteiger partial charge in [0.15, 0.2) is 31.1 Å². The minimum atomic E-state index is -1.15. The number of hydrogen-bond donors (Lipinski definition) is 0. The molecule has 3 saturated heterocycles. The molecule has 62 heavy (non-hydrogen) atoms. The van der Waals surface area contributed by atoms with Crippen LogP contribution in [0.25, 0.3) is 0 Å². The number of ether oxygens (including phenoxy) is 11. The van der Waals surface area contributed by atoms with E-state index in [0.29, 0.717) is 6.61 Å². The summed E-state index contributed by atoms with van der Waals surface area (Å²) in [5, 5.41) is 0. The predicted octanol–water partition coefficient (Wildman–Crippen LogP) is 7.49. The Bertz CT molecular complexity index is 2060. The molecule has 0 spiro atoms. The Labute approximate surface area is 362 Å². The lowest BCUT2D eigenvalue weighted by Crippen LogP contribution is -2.67. The molecule has 5 aromatic rings. The Morgan fingerprint density at radius 1 is 0.548 bits per heavy atom. The zero-order valence-electron chi connectivity index (χ0n) is 34.9. The van der Waals surface area contributed by atoms with Crippen LogP contribution in [0.2, 0.25) is 0 Å². The van der Waals surface area contributed by atoms with Gasteiger partial charge in [-0.05, 0) is 22.3 Å². The number of rotatable bonds is 18. The maximum atomic E-state index is 12.9. The molecule has 0 aliphatic carbocycles. The fourth-order valence-electron chi connectivity index (χ4n) is 8.00. The summed E-state index contributed by atoms with van der Waals surface area (Å²) < 4.78 is 72.2. The van der Waals surface area contributed by atoms with Gasteiger partial charge in [-0.2, -0.15) is 0 Å². The van der Waals surface area contributed by atoms with Gasteiger partial charge in [0.2, 0.25) is 0 Å². The lowest BCUT2D eigenvalue weighted by molar-refractivity contribution is -0.396. The van der Waals surface area contributed by atoms with Gasteiger partial charge in [-0.25, -0.2) is 0 Å². The normalized spacial score (nSPS) is 28.5. The molecule has 11 atom stereocenters. The topological polar surface area (TPSA) is 119 Å². The summed E-state index contributed by atoms with van der Waals surface area (Å²) in [4.78, 5) is 12.9. The average Bonchev–Trinajstić information content (AvgIpc) is 3.32. The predicted molar refractivity (Wildman–Crippen MR) is 226 cm³/mol. The molecule has 5 aromatic carbocycles. The van der Waals surface area contributed by atoms with Crippen molar-refractivity contribution in [3.05, 3.63) is 179 Å². The maximum absolute atomic E-state index is 12.9. The second kappa shape index (κ2) is 22.0. The smallest absolute Gasteiger partial charge is 0.303 e. The quantitative estimate of drug-likeness (QED) is 0.0814. The van der Waals surface area contributed by atoms with Gasteiger partial charge in [-0.3, -0.25) is 4.79 Å². The highest BCUT2D eigenvalue weighted by atomic mass is 16.8. The van der Waals surface area contributed by atoms with Gasteiger partial charge in [0.25, 0.3) is 0 Å². The van der Waals surface area contributed by atoms with E-state index in [0.717, 1.165) is 27.8 Å². The molecule has 3 heterocycles. The molecule has 12 heteroatoms. The fourth-order valence-corrected chi connectivity index (χ4v) is 8.00. The van der Waals surface area contributed by atoms with Gasteiger partial charge in [0.1, 0.15) is 36.6 Å². The third kappa shape index (κ3) is 11.4. The Morgan fingerprint density at radius 3 is 1.58 bits per heavy atom. The average molecular weight is 847 g/mol. The van der Waals surface area contributed by atoms with Gasteiger partial charge in [0.05, 0.1) is 39.6 Å². The van der Waals surface area contributed by atoms with E-state index >= 15 is 0 Å². The number of carbonyl (C=O) groups is 1. The van der Waals surface area contributed by atoms with Gasteiger partial charge in [0, 0.05) is 19.6 Å².